The normalized spacial score (nSPS) is 13.3. The first kappa shape index (κ1) is 16.6. The monoisotopic (exact) mass is 340 g/mol. The summed E-state index contributed by atoms with van der Waals surface area (Å²) in [6.45, 7) is 0. The summed E-state index contributed by atoms with van der Waals surface area (Å²) in [6.07, 6.45) is 0. The molecule has 1 atom stereocenters. The lowest BCUT2D eigenvalue weighted by Crippen LogP contribution is -2.38. The Balaban J connectivity index is 2.09. The molecule has 0 radical (unpaired) electrons. The van der Waals surface area contributed by atoms with Crippen LogP contribution in [0.5, 0.6) is 0 Å². The molecule has 3 aromatic carbocycles. The first-order valence-electron chi connectivity index (χ1n) is 7.71. The van der Waals surface area contributed by atoms with Crippen LogP contribution >= 0.6 is 0 Å². The fraction of sp³-hybridized carbons (Fsp3) is 0.158. The van der Waals surface area contributed by atoms with Gasteiger partial charge >= 0.3 is 0 Å². The molecule has 0 amide bonds. The summed E-state index contributed by atoms with van der Waals surface area (Å²) in [5.74, 6) is 0. The third-order valence-corrected chi connectivity index (χ3v) is 5.48. The molecule has 124 valence electrons. The van der Waals surface area contributed by atoms with E-state index >= 15 is 0 Å². The van der Waals surface area contributed by atoms with Crippen LogP contribution in [0.2, 0.25) is 0 Å². The first-order chi connectivity index (χ1) is 11.5. The van der Waals surface area contributed by atoms with Crippen LogP contribution in [-0.4, -0.2) is 26.8 Å². The predicted molar refractivity (Wildman–Crippen MR) is 98.0 cm³/mol. The van der Waals surface area contributed by atoms with Crippen molar-refractivity contribution >= 4 is 21.0 Å². The molecule has 0 saturated heterocycles. The maximum Gasteiger partial charge on any atom is 0.279 e. The Labute approximate surface area is 142 Å². The largest absolute Gasteiger partial charge is 0.279 e. The minimum atomic E-state index is -3.56. The molecule has 0 aliphatic carbocycles. The summed E-state index contributed by atoms with van der Waals surface area (Å²) in [5.41, 5.74) is 1.81. The van der Waals surface area contributed by atoms with E-state index in [0.717, 1.165) is 21.9 Å². The zero-order valence-electron chi connectivity index (χ0n) is 13.7. The Morgan fingerprint density at radius 3 is 2.08 bits per heavy atom. The van der Waals surface area contributed by atoms with Gasteiger partial charge in [-0.25, -0.2) is 0 Å². The maximum absolute atomic E-state index is 12.4. The predicted octanol–water partition coefficient (Wildman–Crippen LogP) is 3.33. The second-order valence-electron chi connectivity index (χ2n) is 5.86. The fourth-order valence-electron chi connectivity index (χ4n) is 2.62. The fourth-order valence-corrected chi connectivity index (χ4v) is 3.40. The molecule has 4 nitrogen and oxygen atoms in total. The van der Waals surface area contributed by atoms with Gasteiger partial charge in [-0.1, -0.05) is 66.7 Å². The number of rotatable bonds is 5. The molecular formula is C19H20N2O2S. The standard InChI is InChI=1S/C19H20N2O2S/c1-21(2)24(22,23)20-19(16-9-4-3-5-10-16)18-13-12-15-8-6-7-11-17(15)14-18/h3-14,19-20H,1-2H3/t19-/m1/s1. The smallest absolute Gasteiger partial charge is 0.195 e. The summed E-state index contributed by atoms with van der Waals surface area (Å²) in [7, 11) is -0.526. The van der Waals surface area contributed by atoms with Gasteiger partial charge in [0.2, 0.25) is 0 Å². The van der Waals surface area contributed by atoms with Gasteiger partial charge in [0.15, 0.2) is 0 Å². The molecule has 0 aromatic heterocycles. The van der Waals surface area contributed by atoms with Crippen LogP contribution in [0.15, 0.2) is 72.8 Å². The molecule has 24 heavy (non-hydrogen) atoms. The topological polar surface area (TPSA) is 49.4 Å². The Bertz CT molecular complexity index is 938. The van der Waals surface area contributed by atoms with Crippen molar-refractivity contribution in [3.63, 3.8) is 0 Å². The lowest BCUT2D eigenvalue weighted by atomic mass is 9.97. The molecule has 3 aromatic rings. The van der Waals surface area contributed by atoms with Crippen molar-refractivity contribution in [2.45, 2.75) is 6.04 Å². The molecule has 0 spiro atoms. The summed E-state index contributed by atoms with van der Waals surface area (Å²) >= 11 is 0. The Morgan fingerprint density at radius 2 is 1.42 bits per heavy atom. The van der Waals surface area contributed by atoms with Crippen molar-refractivity contribution in [2.75, 3.05) is 14.1 Å². The second kappa shape index (κ2) is 6.73. The van der Waals surface area contributed by atoms with Gasteiger partial charge in [-0.05, 0) is 28.0 Å². The van der Waals surface area contributed by atoms with E-state index in [1.54, 1.807) is 0 Å². The van der Waals surface area contributed by atoms with Crippen molar-refractivity contribution in [3.05, 3.63) is 83.9 Å². The SMILES string of the molecule is CN(C)S(=O)(=O)N[C@H](c1ccccc1)c1ccc2ccccc2c1. The van der Waals surface area contributed by atoms with Crippen LogP contribution in [0.4, 0.5) is 0 Å². The van der Waals surface area contributed by atoms with Crippen molar-refractivity contribution in [3.8, 4) is 0 Å². The van der Waals surface area contributed by atoms with E-state index in [9.17, 15) is 8.42 Å². The molecule has 3 rings (SSSR count). The Hall–Kier alpha value is -2.21. The molecule has 0 saturated carbocycles. The Morgan fingerprint density at radius 1 is 0.792 bits per heavy atom. The van der Waals surface area contributed by atoms with Gasteiger partial charge in [0.25, 0.3) is 10.2 Å². The van der Waals surface area contributed by atoms with E-state index in [-0.39, 0.29) is 0 Å². The van der Waals surface area contributed by atoms with Crippen LogP contribution in [0, 0.1) is 0 Å². The molecule has 0 fully saturated rings. The highest BCUT2D eigenvalue weighted by atomic mass is 32.2. The van der Waals surface area contributed by atoms with Crippen molar-refractivity contribution < 1.29 is 8.42 Å². The summed E-state index contributed by atoms with van der Waals surface area (Å²) in [5, 5.41) is 2.21. The highest BCUT2D eigenvalue weighted by molar-refractivity contribution is 7.87. The van der Waals surface area contributed by atoms with E-state index in [1.165, 1.54) is 18.4 Å². The average Bonchev–Trinajstić information content (AvgIpc) is 2.60. The average molecular weight is 340 g/mol. The number of benzene rings is 3. The van der Waals surface area contributed by atoms with Gasteiger partial charge in [0.1, 0.15) is 0 Å². The van der Waals surface area contributed by atoms with Crippen LogP contribution < -0.4 is 4.72 Å². The quantitative estimate of drug-likeness (QED) is 0.774. The van der Waals surface area contributed by atoms with Crippen LogP contribution in [-0.2, 0) is 10.2 Å². The van der Waals surface area contributed by atoms with E-state index < -0.39 is 16.3 Å². The molecule has 0 aliphatic heterocycles. The molecule has 0 unspecified atom stereocenters. The second-order valence-corrected chi connectivity index (χ2v) is 7.77. The van der Waals surface area contributed by atoms with Crippen molar-refractivity contribution in [1.82, 2.24) is 9.03 Å². The number of nitrogens with one attached hydrogen (secondary N) is 1. The zero-order valence-corrected chi connectivity index (χ0v) is 14.5. The molecular weight excluding hydrogens is 320 g/mol. The van der Waals surface area contributed by atoms with E-state index in [2.05, 4.69) is 4.72 Å². The van der Waals surface area contributed by atoms with Gasteiger partial charge < -0.3 is 0 Å². The maximum atomic E-state index is 12.4. The van der Waals surface area contributed by atoms with Gasteiger partial charge in [-0.15, -0.1) is 0 Å². The van der Waals surface area contributed by atoms with E-state index in [1.807, 2.05) is 72.8 Å². The number of hydrogen-bond donors (Lipinski definition) is 1. The third-order valence-electron chi connectivity index (χ3n) is 3.99. The van der Waals surface area contributed by atoms with Gasteiger partial charge in [0, 0.05) is 14.1 Å². The van der Waals surface area contributed by atoms with Crippen LogP contribution in [0.1, 0.15) is 17.2 Å². The Kier molecular flexibility index (Phi) is 4.66. The molecule has 1 N–H and O–H groups in total. The number of fused-ring (bicyclic) bond motifs is 1. The highest BCUT2D eigenvalue weighted by Gasteiger charge is 2.22. The lowest BCUT2D eigenvalue weighted by Gasteiger charge is -2.22. The molecule has 0 bridgehead atoms. The minimum absolute atomic E-state index is 0.441. The molecule has 0 heterocycles. The van der Waals surface area contributed by atoms with Gasteiger partial charge in [-0.3, -0.25) is 0 Å². The molecule has 0 aliphatic rings. The summed E-state index contributed by atoms with van der Waals surface area (Å²) in [6, 6.07) is 23.2. The number of hydrogen-bond acceptors (Lipinski definition) is 2. The van der Waals surface area contributed by atoms with Gasteiger partial charge in [-0.2, -0.15) is 17.4 Å². The first-order valence-corrected chi connectivity index (χ1v) is 9.15. The molecule has 5 heteroatoms. The van der Waals surface area contributed by atoms with Crippen LogP contribution in [0.3, 0.4) is 0 Å². The van der Waals surface area contributed by atoms with Gasteiger partial charge in [0.05, 0.1) is 6.04 Å². The van der Waals surface area contributed by atoms with Crippen molar-refractivity contribution in [2.24, 2.45) is 0 Å². The van der Waals surface area contributed by atoms with Crippen molar-refractivity contribution in [1.29, 1.82) is 0 Å². The zero-order chi connectivity index (χ0) is 17.2. The number of nitrogens with zero attached hydrogens (tertiary/aromatic N) is 1. The minimum Gasteiger partial charge on any atom is -0.195 e. The lowest BCUT2D eigenvalue weighted by molar-refractivity contribution is 0.498. The van der Waals surface area contributed by atoms with E-state index in [0.29, 0.717) is 0 Å². The highest BCUT2D eigenvalue weighted by Crippen LogP contribution is 2.26. The van der Waals surface area contributed by atoms with E-state index in [4.69, 9.17) is 0 Å². The van der Waals surface area contributed by atoms with Crippen LogP contribution in [0.25, 0.3) is 10.8 Å². The summed E-state index contributed by atoms with van der Waals surface area (Å²) in [4.78, 5) is 0. The third kappa shape index (κ3) is 3.48. The summed E-state index contributed by atoms with van der Waals surface area (Å²) < 4.78 is 28.7.